The molecule has 3 nitrogen and oxygen atoms in total. The number of rotatable bonds is 0. The van der Waals surface area contributed by atoms with E-state index in [0.29, 0.717) is 0 Å². The minimum absolute atomic E-state index is 0.183. The van der Waals surface area contributed by atoms with Crippen molar-refractivity contribution in [3.8, 4) is 0 Å². The molecule has 0 bridgehead atoms. The Labute approximate surface area is 88.0 Å². The molecule has 15 heavy (non-hydrogen) atoms. The van der Waals surface area contributed by atoms with Gasteiger partial charge in [-0.3, -0.25) is 0 Å². The molecule has 2 fully saturated rings. The highest BCUT2D eigenvalue weighted by Gasteiger charge is 2.47. The van der Waals surface area contributed by atoms with Gasteiger partial charge >= 0.3 is 6.03 Å². The van der Waals surface area contributed by atoms with Gasteiger partial charge in [-0.2, -0.15) is 0 Å². The summed E-state index contributed by atoms with van der Waals surface area (Å²) in [5.74, 6) is -3.43. The van der Waals surface area contributed by atoms with Gasteiger partial charge < -0.3 is 9.80 Å². The molecule has 0 aliphatic carbocycles. The van der Waals surface area contributed by atoms with Crippen molar-refractivity contribution in [3.05, 3.63) is 0 Å². The lowest BCUT2D eigenvalue weighted by Crippen LogP contribution is -2.41. The fourth-order valence-corrected chi connectivity index (χ4v) is 2.19. The minimum atomic E-state index is -2.71. The number of amides is 2. The average Bonchev–Trinajstić information content (AvgIpc) is 2.74. The molecule has 1 atom stereocenters. The van der Waals surface area contributed by atoms with Gasteiger partial charge in [0.15, 0.2) is 0 Å². The fraction of sp³-hybridized carbons (Fsp3) is 0.900. The van der Waals surface area contributed by atoms with Crippen LogP contribution in [0.15, 0.2) is 0 Å². The highest BCUT2D eigenvalue weighted by Crippen LogP contribution is 2.33. The standard InChI is InChI=1S/C10H16F2N2O/c1-8-6-14(7-10(8,11)12)9(15)13-4-2-3-5-13/h8H,2-7H2,1H3. The van der Waals surface area contributed by atoms with Crippen LogP contribution in [0.25, 0.3) is 0 Å². The quantitative estimate of drug-likeness (QED) is 0.608. The number of halogens is 2. The molecule has 86 valence electrons. The molecule has 2 aliphatic heterocycles. The van der Waals surface area contributed by atoms with Gasteiger partial charge in [0.1, 0.15) is 0 Å². The smallest absolute Gasteiger partial charge is 0.320 e. The van der Waals surface area contributed by atoms with Crippen LogP contribution in [0.1, 0.15) is 19.8 Å². The summed E-state index contributed by atoms with van der Waals surface area (Å²) in [5, 5.41) is 0. The van der Waals surface area contributed by atoms with Crippen molar-refractivity contribution in [2.75, 3.05) is 26.2 Å². The van der Waals surface area contributed by atoms with E-state index in [1.54, 1.807) is 4.90 Å². The van der Waals surface area contributed by atoms with Crippen molar-refractivity contribution in [3.63, 3.8) is 0 Å². The second kappa shape index (κ2) is 3.61. The Morgan fingerprint density at radius 3 is 2.33 bits per heavy atom. The van der Waals surface area contributed by atoms with Gasteiger partial charge in [-0.1, -0.05) is 6.92 Å². The van der Waals surface area contributed by atoms with Crippen LogP contribution < -0.4 is 0 Å². The number of hydrogen-bond donors (Lipinski definition) is 0. The topological polar surface area (TPSA) is 23.6 Å². The summed E-state index contributed by atoms with van der Waals surface area (Å²) < 4.78 is 26.4. The van der Waals surface area contributed by atoms with Gasteiger partial charge in [-0.05, 0) is 12.8 Å². The maximum Gasteiger partial charge on any atom is 0.320 e. The SMILES string of the molecule is CC1CN(C(=O)N2CCCC2)CC1(F)F. The molecule has 1 unspecified atom stereocenters. The van der Waals surface area contributed by atoms with Crippen LogP contribution in [-0.2, 0) is 0 Å². The molecule has 2 saturated heterocycles. The van der Waals surface area contributed by atoms with Crippen LogP contribution in [0.4, 0.5) is 13.6 Å². The van der Waals surface area contributed by atoms with E-state index in [0.717, 1.165) is 25.9 Å². The molecule has 0 N–H and O–H groups in total. The number of hydrogen-bond acceptors (Lipinski definition) is 1. The van der Waals surface area contributed by atoms with Crippen LogP contribution in [0.5, 0.6) is 0 Å². The molecule has 5 heteroatoms. The van der Waals surface area contributed by atoms with Crippen LogP contribution in [0.2, 0.25) is 0 Å². The predicted molar refractivity (Wildman–Crippen MR) is 51.9 cm³/mol. The summed E-state index contributed by atoms with van der Waals surface area (Å²) in [4.78, 5) is 14.8. The molecule has 0 radical (unpaired) electrons. The van der Waals surface area contributed by atoms with E-state index in [4.69, 9.17) is 0 Å². The Hall–Kier alpha value is -0.870. The average molecular weight is 218 g/mol. The molecule has 0 saturated carbocycles. The van der Waals surface area contributed by atoms with Crippen molar-refractivity contribution in [2.24, 2.45) is 5.92 Å². The molecule has 0 aromatic heterocycles. The van der Waals surface area contributed by atoms with E-state index in [9.17, 15) is 13.6 Å². The third-order valence-corrected chi connectivity index (χ3v) is 3.26. The number of nitrogens with zero attached hydrogens (tertiary/aromatic N) is 2. The van der Waals surface area contributed by atoms with Gasteiger partial charge in [-0.15, -0.1) is 0 Å². The summed E-state index contributed by atoms with van der Waals surface area (Å²) in [6.45, 7) is 2.70. The lowest BCUT2D eigenvalue weighted by atomic mass is 10.1. The summed E-state index contributed by atoms with van der Waals surface area (Å²) in [7, 11) is 0. The Bertz CT molecular complexity index is 264. The Kier molecular flexibility index (Phi) is 2.56. The zero-order valence-electron chi connectivity index (χ0n) is 8.88. The highest BCUT2D eigenvalue weighted by atomic mass is 19.3. The van der Waals surface area contributed by atoms with Crippen LogP contribution in [0.3, 0.4) is 0 Å². The van der Waals surface area contributed by atoms with E-state index in [-0.39, 0.29) is 12.6 Å². The van der Waals surface area contributed by atoms with Crippen molar-refractivity contribution >= 4 is 6.03 Å². The summed E-state index contributed by atoms with van der Waals surface area (Å²) in [6.07, 6.45) is 1.98. The van der Waals surface area contributed by atoms with Gasteiger partial charge in [0, 0.05) is 25.6 Å². The summed E-state index contributed by atoms with van der Waals surface area (Å²) >= 11 is 0. The third kappa shape index (κ3) is 1.92. The predicted octanol–water partition coefficient (Wildman–Crippen LogP) is 1.79. The highest BCUT2D eigenvalue weighted by molar-refractivity contribution is 5.75. The van der Waals surface area contributed by atoms with Gasteiger partial charge in [0.25, 0.3) is 5.92 Å². The molecule has 2 amide bonds. The molecule has 2 rings (SSSR count). The number of likely N-dealkylation sites (tertiary alicyclic amines) is 2. The molecule has 2 aliphatic rings. The Morgan fingerprint density at radius 1 is 1.27 bits per heavy atom. The summed E-state index contributed by atoms with van der Waals surface area (Å²) in [6, 6.07) is -0.212. The maximum atomic E-state index is 13.2. The molecule has 0 aromatic rings. The lowest BCUT2D eigenvalue weighted by Gasteiger charge is -2.23. The second-order valence-corrected chi connectivity index (χ2v) is 4.52. The fourth-order valence-electron chi connectivity index (χ4n) is 2.19. The van der Waals surface area contributed by atoms with Gasteiger partial charge in [-0.25, -0.2) is 13.6 Å². The van der Waals surface area contributed by atoms with Crippen molar-refractivity contribution in [1.29, 1.82) is 0 Å². The molecule has 0 spiro atoms. The number of urea groups is 1. The van der Waals surface area contributed by atoms with E-state index in [1.807, 2.05) is 0 Å². The van der Waals surface area contributed by atoms with E-state index in [1.165, 1.54) is 11.8 Å². The third-order valence-electron chi connectivity index (χ3n) is 3.26. The molecular formula is C10H16F2N2O. The van der Waals surface area contributed by atoms with Crippen molar-refractivity contribution < 1.29 is 13.6 Å². The number of carbonyl (C=O) groups excluding carboxylic acids is 1. The normalized spacial score (nSPS) is 29.9. The zero-order chi connectivity index (χ0) is 11.1. The van der Waals surface area contributed by atoms with E-state index in [2.05, 4.69) is 0 Å². The first kappa shape index (κ1) is 10.6. The molecular weight excluding hydrogens is 202 g/mol. The Morgan fingerprint density at radius 2 is 1.87 bits per heavy atom. The number of alkyl halides is 2. The summed E-state index contributed by atoms with van der Waals surface area (Å²) in [5.41, 5.74) is 0. The first-order valence-electron chi connectivity index (χ1n) is 5.42. The first-order valence-corrected chi connectivity index (χ1v) is 5.42. The number of carbonyl (C=O) groups is 1. The largest absolute Gasteiger partial charge is 0.325 e. The monoisotopic (exact) mass is 218 g/mol. The molecule has 0 aromatic carbocycles. The van der Waals surface area contributed by atoms with Gasteiger partial charge in [0.05, 0.1) is 6.54 Å². The second-order valence-electron chi connectivity index (χ2n) is 4.52. The Balaban J connectivity index is 1.98. The van der Waals surface area contributed by atoms with Gasteiger partial charge in [0.2, 0.25) is 0 Å². The van der Waals surface area contributed by atoms with Crippen molar-refractivity contribution in [2.45, 2.75) is 25.7 Å². The van der Waals surface area contributed by atoms with E-state index >= 15 is 0 Å². The van der Waals surface area contributed by atoms with Crippen molar-refractivity contribution in [1.82, 2.24) is 9.80 Å². The lowest BCUT2D eigenvalue weighted by molar-refractivity contribution is -0.0197. The first-order chi connectivity index (χ1) is 7.00. The van der Waals surface area contributed by atoms with Crippen LogP contribution in [-0.4, -0.2) is 47.9 Å². The van der Waals surface area contributed by atoms with E-state index < -0.39 is 18.4 Å². The minimum Gasteiger partial charge on any atom is -0.325 e. The van der Waals surface area contributed by atoms with Crippen LogP contribution >= 0.6 is 0 Å². The molecule has 2 heterocycles. The zero-order valence-corrected chi connectivity index (χ0v) is 8.88. The maximum absolute atomic E-state index is 13.2. The van der Waals surface area contributed by atoms with Crippen LogP contribution in [0, 0.1) is 5.92 Å².